The SMILES string of the molecule is CC(=O)Nc1cccc(C(=O)N2CCc3[nH]ccc3C2)c1. The number of amides is 2. The van der Waals surface area contributed by atoms with E-state index in [0.717, 1.165) is 6.42 Å². The molecule has 0 fully saturated rings. The molecule has 108 valence electrons. The minimum absolute atomic E-state index is 0.00551. The number of anilines is 1. The first-order chi connectivity index (χ1) is 10.1. The van der Waals surface area contributed by atoms with Crippen LogP contribution >= 0.6 is 0 Å². The summed E-state index contributed by atoms with van der Waals surface area (Å²) in [5, 5.41) is 2.70. The van der Waals surface area contributed by atoms with Crippen LogP contribution in [0.25, 0.3) is 0 Å². The van der Waals surface area contributed by atoms with Crippen molar-refractivity contribution in [3.63, 3.8) is 0 Å². The van der Waals surface area contributed by atoms with E-state index < -0.39 is 0 Å². The molecule has 5 heteroatoms. The zero-order valence-corrected chi connectivity index (χ0v) is 11.8. The normalized spacial score (nSPS) is 13.7. The Hall–Kier alpha value is -2.56. The molecule has 5 nitrogen and oxygen atoms in total. The third-order valence-corrected chi connectivity index (χ3v) is 3.64. The monoisotopic (exact) mass is 283 g/mol. The Morgan fingerprint density at radius 1 is 1.29 bits per heavy atom. The summed E-state index contributed by atoms with van der Waals surface area (Å²) >= 11 is 0. The minimum Gasteiger partial charge on any atom is -0.365 e. The molecule has 2 aromatic rings. The number of aromatic amines is 1. The molecule has 0 unspecified atom stereocenters. The number of aromatic nitrogens is 1. The van der Waals surface area contributed by atoms with Crippen molar-refractivity contribution in [2.75, 3.05) is 11.9 Å². The van der Waals surface area contributed by atoms with Gasteiger partial charge in [0.1, 0.15) is 0 Å². The van der Waals surface area contributed by atoms with Crippen LogP contribution in [0.3, 0.4) is 0 Å². The molecule has 2 heterocycles. The second kappa shape index (κ2) is 5.44. The molecule has 2 amide bonds. The molecule has 3 rings (SSSR count). The van der Waals surface area contributed by atoms with Crippen molar-refractivity contribution >= 4 is 17.5 Å². The molecule has 0 atom stereocenters. The summed E-state index contributed by atoms with van der Waals surface area (Å²) in [6.07, 6.45) is 2.76. The lowest BCUT2D eigenvalue weighted by Crippen LogP contribution is -2.35. The lowest BCUT2D eigenvalue weighted by molar-refractivity contribution is -0.114. The molecule has 2 N–H and O–H groups in total. The minimum atomic E-state index is -0.144. The maximum Gasteiger partial charge on any atom is 0.254 e. The average Bonchev–Trinajstić information content (AvgIpc) is 2.93. The Kier molecular flexibility index (Phi) is 3.48. The highest BCUT2D eigenvalue weighted by Gasteiger charge is 2.22. The Balaban J connectivity index is 1.78. The number of fused-ring (bicyclic) bond motifs is 1. The van der Waals surface area contributed by atoms with Gasteiger partial charge in [0.25, 0.3) is 5.91 Å². The maximum absolute atomic E-state index is 12.6. The summed E-state index contributed by atoms with van der Waals surface area (Å²) in [6, 6.07) is 9.07. The van der Waals surface area contributed by atoms with Gasteiger partial charge in [0.05, 0.1) is 0 Å². The van der Waals surface area contributed by atoms with Crippen molar-refractivity contribution in [3.05, 3.63) is 53.3 Å². The van der Waals surface area contributed by atoms with Crippen LogP contribution < -0.4 is 5.32 Å². The van der Waals surface area contributed by atoms with E-state index in [4.69, 9.17) is 0 Å². The van der Waals surface area contributed by atoms with E-state index in [9.17, 15) is 9.59 Å². The van der Waals surface area contributed by atoms with Crippen LogP contribution in [0.5, 0.6) is 0 Å². The fourth-order valence-electron chi connectivity index (χ4n) is 2.64. The first-order valence-corrected chi connectivity index (χ1v) is 6.95. The zero-order chi connectivity index (χ0) is 14.8. The third-order valence-electron chi connectivity index (χ3n) is 3.64. The van der Waals surface area contributed by atoms with Gasteiger partial charge in [0.2, 0.25) is 5.91 Å². The van der Waals surface area contributed by atoms with Gasteiger partial charge in [0.15, 0.2) is 0 Å². The number of nitrogens with one attached hydrogen (secondary N) is 2. The van der Waals surface area contributed by atoms with Gasteiger partial charge in [0, 0.05) is 49.6 Å². The number of benzene rings is 1. The van der Waals surface area contributed by atoms with Crippen molar-refractivity contribution in [1.29, 1.82) is 0 Å². The van der Waals surface area contributed by atoms with E-state index in [2.05, 4.69) is 10.3 Å². The van der Waals surface area contributed by atoms with E-state index in [1.165, 1.54) is 18.2 Å². The Morgan fingerprint density at radius 3 is 2.95 bits per heavy atom. The van der Waals surface area contributed by atoms with Crippen molar-refractivity contribution in [1.82, 2.24) is 9.88 Å². The van der Waals surface area contributed by atoms with Crippen LogP contribution in [-0.4, -0.2) is 28.2 Å². The molecule has 1 aliphatic rings. The zero-order valence-electron chi connectivity index (χ0n) is 11.8. The highest BCUT2D eigenvalue weighted by molar-refractivity contribution is 5.96. The topological polar surface area (TPSA) is 65.2 Å². The fourth-order valence-corrected chi connectivity index (χ4v) is 2.64. The van der Waals surface area contributed by atoms with Crippen LogP contribution in [0.1, 0.15) is 28.5 Å². The van der Waals surface area contributed by atoms with E-state index in [1.807, 2.05) is 17.2 Å². The molecule has 0 spiro atoms. The van der Waals surface area contributed by atoms with Gasteiger partial charge < -0.3 is 15.2 Å². The van der Waals surface area contributed by atoms with E-state index in [0.29, 0.717) is 24.3 Å². The Bertz CT molecular complexity index is 690. The predicted molar refractivity (Wildman–Crippen MR) is 80.0 cm³/mol. The molecular weight excluding hydrogens is 266 g/mol. The molecule has 1 aromatic heterocycles. The van der Waals surface area contributed by atoms with Crippen LogP contribution in [0.4, 0.5) is 5.69 Å². The Morgan fingerprint density at radius 2 is 2.14 bits per heavy atom. The first kappa shape index (κ1) is 13.4. The van der Waals surface area contributed by atoms with Gasteiger partial charge in [-0.05, 0) is 29.8 Å². The lowest BCUT2D eigenvalue weighted by Gasteiger charge is -2.27. The van der Waals surface area contributed by atoms with Gasteiger partial charge in [-0.1, -0.05) is 6.07 Å². The lowest BCUT2D eigenvalue weighted by atomic mass is 10.1. The van der Waals surface area contributed by atoms with Crippen LogP contribution in [0.15, 0.2) is 36.5 Å². The summed E-state index contributed by atoms with van der Waals surface area (Å²) in [6.45, 7) is 2.78. The quantitative estimate of drug-likeness (QED) is 0.887. The van der Waals surface area contributed by atoms with Crippen molar-refractivity contribution in [3.8, 4) is 0 Å². The summed E-state index contributed by atoms with van der Waals surface area (Å²) in [7, 11) is 0. The summed E-state index contributed by atoms with van der Waals surface area (Å²) < 4.78 is 0. The number of carbonyl (C=O) groups is 2. The second-order valence-electron chi connectivity index (χ2n) is 5.22. The third kappa shape index (κ3) is 2.81. The molecular formula is C16H17N3O2. The van der Waals surface area contributed by atoms with Crippen molar-refractivity contribution in [2.45, 2.75) is 19.9 Å². The van der Waals surface area contributed by atoms with E-state index in [-0.39, 0.29) is 11.8 Å². The molecule has 0 aliphatic carbocycles. The van der Waals surface area contributed by atoms with Crippen LogP contribution in [-0.2, 0) is 17.8 Å². The van der Waals surface area contributed by atoms with Gasteiger partial charge in [-0.15, -0.1) is 0 Å². The average molecular weight is 283 g/mol. The fraction of sp³-hybridized carbons (Fsp3) is 0.250. The van der Waals surface area contributed by atoms with Gasteiger partial charge in [-0.3, -0.25) is 9.59 Å². The first-order valence-electron chi connectivity index (χ1n) is 6.95. The number of hydrogen-bond donors (Lipinski definition) is 2. The number of hydrogen-bond acceptors (Lipinski definition) is 2. The predicted octanol–water partition coefficient (Wildman–Crippen LogP) is 2.17. The second-order valence-corrected chi connectivity index (χ2v) is 5.22. The summed E-state index contributed by atoms with van der Waals surface area (Å²) in [5.41, 5.74) is 3.63. The smallest absolute Gasteiger partial charge is 0.254 e. The van der Waals surface area contributed by atoms with E-state index >= 15 is 0 Å². The van der Waals surface area contributed by atoms with Gasteiger partial charge >= 0.3 is 0 Å². The van der Waals surface area contributed by atoms with Gasteiger partial charge in [-0.25, -0.2) is 0 Å². The van der Waals surface area contributed by atoms with E-state index in [1.54, 1.807) is 24.3 Å². The molecule has 21 heavy (non-hydrogen) atoms. The number of nitrogens with zero attached hydrogens (tertiary/aromatic N) is 1. The molecule has 0 saturated carbocycles. The number of rotatable bonds is 2. The maximum atomic E-state index is 12.6. The molecule has 1 aromatic carbocycles. The molecule has 0 radical (unpaired) electrons. The van der Waals surface area contributed by atoms with Crippen LogP contribution in [0, 0.1) is 0 Å². The summed E-state index contributed by atoms with van der Waals surface area (Å²) in [5.74, 6) is -0.149. The largest absolute Gasteiger partial charge is 0.365 e. The molecule has 1 aliphatic heterocycles. The number of carbonyl (C=O) groups excluding carboxylic acids is 2. The standard InChI is InChI=1S/C16H17N3O2/c1-11(20)18-14-4-2-3-12(9-14)16(21)19-8-6-15-13(10-19)5-7-17-15/h2-5,7,9,17H,6,8,10H2,1H3,(H,18,20). The summed E-state index contributed by atoms with van der Waals surface area (Å²) in [4.78, 5) is 28.7. The van der Waals surface area contributed by atoms with Crippen molar-refractivity contribution in [2.24, 2.45) is 0 Å². The number of H-pyrrole nitrogens is 1. The molecule has 0 saturated heterocycles. The highest BCUT2D eigenvalue weighted by Crippen LogP contribution is 2.20. The van der Waals surface area contributed by atoms with Crippen molar-refractivity contribution < 1.29 is 9.59 Å². The van der Waals surface area contributed by atoms with Crippen LogP contribution in [0.2, 0.25) is 0 Å². The van der Waals surface area contributed by atoms with Gasteiger partial charge in [-0.2, -0.15) is 0 Å². The highest BCUT2D eigenvalue weighted by atomic mass is 16.2. The Labute approximate surface area is 123 Å². The molecule has 0 bridgehead atoms.